The Morgan fingerprint density at radius 1 is 1.09 bits per heavy atom. The standard InChI is InChI=1S/C22H15ClFN5O3S/c23-18-11-10-17(29(31)32)12-19(18)25-20(30)13-33-22-27-26-21(14-4-2-1-3-5-14)28(22)16-8-6-15(24)7-9-16/h1-12H,13H2,(H,25,30). The van der Waals surface area contributed by atoms with Crippen molar-refractivity contribution in [2.24, 2.45) is 0 Å². The largest absolute Gasteiger partial charge is 0.324 e. The minimum Gasteiger partial charge on any atom is -0.324 e. The number of hydrogen-bond acceptors (Lipinski definition) is 6. The number of hydrogen-bond donors (Lipinski definition) is 1. The van der Waals surface area contributed by atoms with Gasteiger partial charge >= 0.3 is 0 Å². The van der Waals surface area contributed by atoms with Crippen LogP contribution in [0, 0.1) is 15.9 Å². The van der Waals surface area contributed by atoms with Crippen molar-refractivity contribution < 1.29 is 14.1 Å². The molecular formula is C22H15ClFN5O3S. The highest BCUT2D eigenvalue weighted by Crippen LogP contribution is 2.29. The first-order chi connectivity index (χ1) is 15.9. The molecule has 11 heteroatoms. The van der Waals surface area contributed by atoms with E-state index in [4.69, 9.17) is 11.6 Å². The van der Waals surface area contributed by atoms with Gasteiger partial charge in [0.1, 0.15) is 5.82 Å². The molecule has 8 nitrogen and oxygen atoms in total. The average Bonchev–Trinajstić information content (AvgIpc) is 3.24. The number of halogens is 2. The first-order valence-corrected chi connectivity index (χ1v) is 10.9. The van der Waals surface area contributed by atoms with Crippen LogP contribution in [0.15, 0.2) is 78.0 Å². The number of thioether (sulfide) groups is 1. The van der Waals surface area contributed by atoms with Gasteiger partial charge in [-0.05, 0) is 30.3 Å². The van der Waals surface area contributed by atoms with E-state index in [0.717, 1.165) is 17.3 Å². The fourth-order valence-electron chi connectivity index (χ4n) is 3.00. The number of amides is 1. The summed E-state index contributed by atoms with van der Waals surface area (Å²) in [5.74, 6) is -0.340. The number of nitrogens with one attached hydrogen (secondary N) is 1. The third-order valence-electron chi connectivity index (χ3n) is 4.52. The summed E-state index contributed by atoms with van der Waals surface area (Å²) in [6.45, 7) is 0. The number of anilines is 1. The van der Waals surface area contributed by atoms with E-state index in [1.54, 1.807) is 16.7 Å². The zero-order valence-corrected chi connectivity index (χ0v) is 18.4. The molecule has 1 N–H and O–H groups in total. The maximum absolute atomic E-state index is 13.5. The van der Waals surface area contributed by atoms with Gasteiger partial charge in [0.25, 0.3) is 5.69 Å². The van der Waals surface area contributed by atoms with Crippen molar-refractivity contribution in [3.8, 4) is 17.1 Å². The van der Waals surface area contributed by atoms with Crippen molar-refractivity contribution in [2.75, 3.05) is 11.1 Å². The second kappa shape index (κ2) is 9.80. The predicted octanol–water partition coefficient (Wildman–Crippen LogP) is 5.37. The molecule has 1 heterocycles. The van der Waals surface area contributed by atoms with E-state index in [9.17, 15) is 19.3 Å². The number of carbonyl (C=O) groups excluding carboxylic acids is 1. The summed E-state index contributed by atoms with van der Waals surface area (Å²) < 4.78 is 15.2. The molecule has 0 unspecified atom stereocenters. The quantitative estimate of drug-likeness (QED) is 0.215. The fraction of sp³-hybridized carbons (Fsp3) is 0.0455. The summed E-state index contributed by atoms with van der Waals surface area (Å²) in [6.07, 6.45) is 0. The van der Waals surface area contributed by atoms with Crippen molar-refractivity contribution in [3.63, 3.8) is 0 Å². The summed E-state index contributed by atoms with van der Waals surface area (Å²) in [7, 11) is 0. The third kappa shape index (κ3) is 5.18. The monoisotopic (exact) mass is 483 g/mol. The smallest absolute Gasteiger partial charge is 0.271 e. The van der Waals surface area contributed by atoms with Crippen LogP contribution in [0.2, 0.25) is 5.02 Å². The first-order valence-electron chi connectivity index (χ1n) is 9.56. The molecule has 0 radical (unpaired) electrons. The summed E-state index contributed by atoms with van der Waals surface area (Å²) in [5, 5.41) is 22.6. The number of non-ortho nitro benzene ring substituents is 1. The Morgan fingerprint density at radius 3 is 2.52 bits per heavy atom. The lowest BCUT2D eigenvalue weighted by Crippen LogP contribution is -2.15. The Balaban J connectivity index is 1.58. The Kier molecular flexibility index (Phi) is 6.66. The topological polar surface area (TPSA) is 103 Å². The van der Waals surface area contributed by atoms with Gasteiger partial charge in [-0.1, -0.05) is 53.7 Å². The summed E-state index contributed by atoms with van der Waals surface area (Å²) in [5.41, 5.74) is 1.38. The van der Waals surface area contributed by atoms with Crippen LogP contribution in [0.3, 0.4) is 0 Å². The highest BCUT2D eigenvalue weighted by atomic mass is 35.5. The maximum atomic E-state index is 13.5. The van der Waals surface area contributed by atoms with E-state index in [1.807, 2.05) is 30.3 Å². The van der Waals surface area contributed by atoms with E-state index in [0.29, 0.717) is 16.7 Å². The number of benzene rings is 3. The van der Waals surface area contributed by atoms with Crippen LogP contribution in [0.4, 0.5) is 15.8 Å². The number of nitro benzene ring substituents is 1. The van der Waals surface area contributed by atoms with E-state index in [-0.39, 0.29) is 28.0 Å². The third-order valence-corrected chi connectivity index (χ3v) is 5.78. The maximum Gasteiger partial charge on any atom is 0.271 e. The molecule has 0 atom stereocenters. The lowest BCUT2D eigenvalue weighted by molar-refractivity contribution is -0.384. The van der Waals surface area contributed by atoms with Crippen molar-refractivity contribution in [1.82, 2.24) is 14.8 Å². The Labute approximate surface area is 196 Å². The van der Waals surface area contributed by atoms with Gasteiger partial charge in [0.05, 0.1) is 21.4 Å². The summed E-state index contributed by atoms with van der Waals surface area (Å²) in [6, 6.07) is 19.0. The highest BCUT2D eigenvalue weighted by molar-refractivity contribution is 7.99. The van der Waals surface area contributed by atoms with E-state index in [1.165, 1.54) is 30.3 Å². The molecule has 0 fully saturated rings. The van der Waals surface area contributed by atoms with E-state index >= 15 is 0 Å². The van der Waals surface area contributed by atoms with Crippen LogP contribution >= 0.6 is 23.4 Å². The fourth-order valence-corrected chi connectivity index (χ4v) is 3.92. The zero-order chi connectivity index (χ0) is 23.4. The van der Waals surface area contributed by atoms with Crippen molar-refractivity contribution in [2.45, 2.75) is 5.16 Å². The molecule has 0 bridgehead atoms. The van der Waals surface area contributed by atoms with E-state index in [2.05, 4.69) is 15.5 Å². The van der Waals surface area contributed by atoms with Gasteiger partial charge in [-0.15, -0.1) is 10.2 Å². The number of nitrogens with zero attached hydrogens (tertiary/aromatic N) is 4. The summed E-state index contributed by atoms with van der Waals surface area (Å²) in [4.78, 5) is 22.9. The molecule has 0 aliphatic heterocycles. The van der Waals surface area contributed by atoms with Crippen molar-refractivity contribution in [1.29, 1.82) is 0 Å². The second-order valence-electron chi connectivity index (χ2n) is 6.74. The molecule has 33 heavy (non-hydrogen) atoms. The molecule has 1 amide bonds. The number of rotatable bonds is 7. The van der Waals surface area contributed by atoms with Gasteiger partial charge in [-0.3, -0.25) is 19.5 Å². The molecule has 0 spiro atoms. The highest BCUT2D eigenvalue weighted by Gasteiger charge is 2.18. The minimum atomic E-state index is -0.572. The van der Waals surface area contributed by atoms with E-state index < -0.39 is 10.8 Å². The molecule has 166 valence electrons. The second-order valence-corrected chi connectivity index (χ2v) is 8.09. The first kappa shape index (κ1) is 22.4. The molecule has 3 aromatic carbocycles. The van der Waals surface area contributed by atoms with Crippen LogP contribution in [0.25, 0.3) is 17.1 Å². The van der Waals surface area contributed by atoms with Gasteiger partial charge in [-0.2, -0.15) is 0 Å². The van der Waals surface area contributed by atoms with Gasteiger partial charge in [-0.25, -0.2) is 4.39 Å². The van der Waals surface area contributed by atoms with Crippen LogP contribution in [-0.4, -0.2) is 31.3 Å². The zero-order valence-electron chi connectivity index (χ0n) is 16.8. The van der Waals surface area contributed by atoms with Gasteiger partial charge in [0, 0.05) is 23.4 Å². The van der Waals surface area contributed by atoms with Crippen LogP contribution in [0.1, 0.15) is 0 Å². The number of carbonyl (C=O) groups is 1. The molecule has 0 aliphatic rings. The minimum absolute atomic E-state index is 0.0624. The molecule has 0 saturated heterocycles. The SMILES string of the molecule is O=C(CSc1nnc(-c2ccccc2)n1-c1ccc(F)cc1)Nc1cc([N+](=O)[O-])ccc1Cl. The molecular weight excluding hydrogens is 469 g/mol. The number of nitro groups is 1. The lowest BCUT2D eigenvalue weighted by Gasteiger charge is -2.11. The van der Waals surface area contributed by atoms with Gasteiger partial charge in [0.15, 0.2) is 11.0 Å². The number of aromatic nitrogens is 3. The predicted molar refractivity (Wildman–Crippen MR) is 124 cm³/mol. The molecule has 4 aromatic rings. The van der Waals surface area contributed by atoms with Gasteiger partial charge < -0.3 is 5.32 Å². The Morgan fingerprint density at radius 2 is 1.82 bits per heavy atom. The molecule has 0 aliphatic carbocycles. The molecule has 0 saturated carbocycles. The molecule has 4 rings (SSSR count). The van der Waals surface area contributed by atoms with Crippen LogP contribution < -0.4 is 5.32 Å². The Bertz CT molecular complexity index is 1320. The van der Waals surface area contributed by atoms with Crippen LogP contribution in [0.5, 0.6) is 0 Å². The Hall–Kier alpha value is -3.76. The normalized spacial score (nSPS) is 10.7. The van der Waals surface area contributed by atoms with Crippen LogP contribution in [-0.2, 0) is 4.79 Å². The van der Waals surface area contributed by atoms with Gasteiger partial charge in [0.2, 0.25) is 5.91 Å². The lowest BCUT2D eigenvalue weighted by atomic mass is 10.2. The summed E-state index contributed by atoms with van der Waals surface area (Å²) >= 11 is 7.16. The van der Waals surface area contributed by atoms with Crippen molar-refractivity contribution in [3.05, 3.63) is 93.8 Å². The average molecular weight is 484 g/mol. The van der Waals surface area contributed by atoms with Crippen molar-refractivity contribution >= 4 is 40.6 Å². The molecule has 1 aromatic heterocycles.